The average Bonchev–Trinajstić information content (AvgIpc) is 3.15. The third kappa shape index (κ3) is 3.23. The van der Waals surface area contributed by atoms with E-state index < -0.39 is 0 Å². The SMILES string of the molecule is Cc1nnc(-c2cccc(C(=O)N3CCOC[C@H]3c3ccccc3)c2)o1. The van der Waals surface area contributed by atoms with Crippen molar-refractivity contribution in [1.29, 1.82) is 0 Å². The number of hydrogen-bond acceptors (Lipinski definition) is 5. The fourth-order valence-electron chi connectivity index (χ4n) is 3.16. The van der Waals surface area contributed by atoms with Gasteiger partial charge in [0.05, 0.1) is 19.3 Å². The van der Waals surface area contributed by atoms with Gasteiger partial charge in [-0.15, -0.1) is 10.2 Å². The molecule has 2 heterocycles. The standard InChI is InChI=1S/C20H19N3O3/c1-14-21-22-19(26-14)16-8-5-9-17(12-16)20(24)23-10-11-25-13-18(23)15-6-3-2-4-7-15/h2-9,12,18H,10-11,13H2,1H3/t18-/m0/s1. The second-order valence-electron chi connectivity index (χ2n) is 6.21. The van der Waals surface area contributed by atoms with E-state index in [4.69, 9.17) is 9.15 Å². The van der Waals surface area contributed by atoms with E-state index in [2.05, 4.69) is 10.2 Å². The van der Waals surface area contributed by atoms with Gasteiger partial charge in [-0.2, -0.15) is 0 Å². The molecule has 0 aliphatic carbocycles. The second-order valence-corrected chi connectivity index (χ2v) is 6.21. The molecule has 0 radical (unpaired) electrons. The lowest BCUT2D eigenvalue weighted by Gasteiger charge is -2.36. The van der Waals surface area contributed by atoms with Crippen LogP contribution >= 0.6 is 0 Å². The van der Waals surface area contributed by atoms with E-state index in [0.717, 1.165) is 11.1 Å². The van der Waals surface area contributed by atoms with Gasteiger partial charge in [-0.1, -0.05) is 36.4 Å². The van der Waals surface area contributed by atoms with Crippen LogP contribution in [-0.4, -0.2) is 40.8 Å². The minimum absolute atomic E-state index is 0.0276. The summed E-state index contributed by atoms with van der Waals surface area (Å²) in [7, 11) is 0. The van der Waals surface area contributed by atoms with Crippen LogP contribution in [0.15, 0.2) is 59.0 Å². The van der Waals surface area contributed by atoms with Crippen LogP contribution in [0.25, 0.3) is 11.5 Å². The number of carbonyl (C=O) groups excluding carboxylic acids is 1. The Morgan fingerprint density at radius 2 is 1.96 bits per heavy atom. The first-order valence-electron chi connectivity index (χ1n) is 8.56. The first-order valence-corrected chi connectivity index (χ1v) is 8.56. The van der Waals surface area contributed by atoms with Crippen molar-refractivity contribution in [3.8, 4) is 11.5 Å². The summed E-state index contributed by atoms with van der Waals surface area (Å²) in [4.78, 5) is 15.0. The van der Waals surface area contributed by atoms with Crippen molar-refractivity contribution in [2.24, 2.45) is 0 Å². The van der Waals surface area contributed by atoms with Crippen LogP contribution in [0, 0.1) is 6.92 Å². The van der Waals surface area contributed by atoms with E-state index >= 15 is 0 Å². The second kappa shape index (κ2) is 7.09. The maximum atomic E-state index is 13.2. The maximum Gasteiger partial charge on any atom is 0.254 e. The van der Waals surface area contributed by atoms with Gasteiger partial charge < -0.3 is 14.1 Å². The van der Waals surface area contributed by atoms with Crippen molar-refractivity contribution in [1.82, 2.24) is 15.1 Å². The maximum absolute atomic E-state index is 13.2. The molecule has 1 amide bonds. The van der Waals surface area contributed by atoms with Gasteiger partial charge in [0, 0.05) is 24.6 Å². The molecule has 0 saturated carbocycles. The molecule has 26 heavy (non-hydrogen) atoms. The largest absolute Gasteiger partial charge is 0.421 e. The van der Waals surface area contributed by atoms with Gasteiger partial charge in [0.25, 0.3) is 5.91 Å². The lowest BCUT2D eigenvalue weighted by Crippen LogP contribution is -2.43. The normalized spacial score (nSPS) is 17.3. The highest BCUT2D eigenvalue weighted by molar-refractivity contribution is 5.95. The van der Waals surface area contributed by atoms with E-state index in [-0.39, 0.29) is 11.9 Å². The van der Waals surface area contributed by atoms with E-state index in [1.165, 1.54) is 0 Å². The number of aryl methyl sites for hydroxylation is 1. The Morgan fingerprint density at radius 1 is 1.12 bits per heavy atom. The fourth-order valence-corrected chi connectivity index (χ4v) is 3.16. The summed E-state index contributed by atoms with van der Waals surface area (Å²) in [6.07, 6.45) is 0. The topological polar surface area (TPSA) is 68.5 Å². The Bertz CT molecular complexity index is 907. The molecule has 0 unspecified atom stereocenters. The first kappa shape index (κ1) is 16.5. The molecule has 1 aromatic heterocycles. The molecule has 132 valence electrons. The van der Waals surface area contributed by atoms with Crippen LogP contribution in [0.4, 0.5) is 0 Å². The zero-order valence-electron chi connectivity index (χ0n) is 14.5. The zero-order valence-corrected chi connectivity index (χ0v) is 14.5. The van der Waals surface area contributed by atoms with Crippen LogP contribution < -0.4 is 0 Å². The molecule has 3 aromatic rings. The Hall–Kier alpha value is -2.99. The van der Waals surface area contributed by atoms with Crippen LogP contribution in [0.1, 0.15) is 27.9 Å². The Labute approximate surface area is 151 Å². The average molecular weight is 349 g/mol. The number of hydrogen-bond donors (Lipinski definition) is 0. The van der Waals surface area contributed by atoms with Gasteiger partial charge in [-0.25, -0.2) is 0 Å². The number of carbonyl (C=O) groups is 1. The highest BCUT2D eigenvalue weighted by atomic mass is 16.5. The number of rotatable bonds is 3. The summed E-state index contributed by atoms with van der Waals surface area (Å²) >= 11 is 0. The van der Waals surface area contributed by atoms with Crippen molar-refractivity contribution < 1.29 is 13.9 Å². The highest BCUT2D eigenvalue weighted by Gasteiger charge is 2.29. The van der Waals surface area contributed by atoms with E-state index in [9.17, 15) is 4.79 Å². The molecule has 0 spiro atoms. The third-order valence-electron chi connectivity index (χ3n) is 4.46. The number of benzene rings is 2. The molecule has 6 nitrogen and oxygen atoms in total. The summed E-state index contributed by atoms with van der Waals surface area (Å²) < 4.78 is 11.1. The lowest BCUT2D eigenvalue weighted by molar-refractivity contribution is -0.00269. The van der Waals surface area contributed by atoms with E-state index in [1.54, 1.807) is 13.0 Å². The molecule has 1 fully saturated rings. The summed E-state index contributed by atoms with van der Waals surface area (Å²) in [6, 6.07) is 17.2. The molecule has 0 N–H and O–H groups in total. The zero-order chi connectivity index (χ0) is 17.9. The van der Waals surface area contributed by atoms with Gasteiger partial charge in [-0.05, 0) is 23.8 Å². The molecule has 2 aromatic carbocycles. The minimum atomic E-state index is -0.0910. The van der Waals surface area contributed by atoms with Crippen LogP contribution in [0.3, 0.4) is 0 Å². The third-order valence-corrected chi connectivity index (χ3v) is 4.46. The number of nitrogens with zero attached hydrogens (tertiary/aromatic N) is 3. The van der Waals surface area contributed by atoms with Crippen LogP contribution in [0.5, 0.6) is 0 Å². The summed E-state index contributed by atoms with van der Waals surface area (Å²) in [5, 5.41) is 7.88. The number of aromatic nitrogens is 2. The molecule has 1 atom stereocenters. The molecule has 1 aliphatic heterocycles. The van der Waals surface area contributed by atoms with Crippen molar-refractivity contribution in [2.75, 3.05) is 19.8 Å². The predicted molar refractivity (Wildman–Crippen MR) is 95.5 cm³/mol. The fraction of sp³-hybridized carbons (Fsp3) is 0.250. The molecular formula is C20H19N3O3. The first-order chi connectivity index (χ1) is 12.7. The van der Waals surface area contributed by atoms with Crippen molar-refractivity contribution in [3.63, 3.8) is 0 Å². The number of amides is 1. The molecule has 1 aliphatic rings. The van der Waals surface area contributed by atoms with Crippen LogP contribution in [0.2, 0.25) is 0 Å². The summed E-state index contributed by atoms with van der Waals surface area (Å²) in [6.45, 7) is 3.34. The van der Waals surface area contributed by atoms with Gasteiger partial charge >= 0.3 is 0 Å². The Balaban J connectivity index is 1.63. The van der Waals surface area contributed by atoms with E-state index in [1.807, 2.05) is 53.4 Å². The monoisotopic (exact) mass is 349 g/mol. The molecule has 4 rings (SSSR count). The minimum Gasteiger partial charge on any atom is -0.421 e. The lowest BCUT2D eigenvalue weighted by atomic mass is 10.0. The van der Waals surface area contributed by atoms with Crippen molar-refractivity contribution >= 4 is 5.91 Å². The van der Waals surface area contributed by atoms with Gasteiger partial charge in [-0.3, -0.25) is 4.79 Å². The molecule has 6 heteroatoms. The summed E-state index contributed by atoms with van der Waals surface area (Å²) in [5.41, 5.74) is 2.41. The van der Waals surface area contributed by atoms with Crippen LogP contribution in [-0.2, 0) is 4.74 Å². The predicted octanol–water partition coefficient (Wildman–Crippen LogP) is 3.26. The highest BCUT2D eigenvalue weighted by Crippen LogP contribution is 2.27. The van der Waals surface area contributed by atoms with Crippen molar-refractivity contribution in [2.45, 2.75) is 13.0 Å². The van der Waals surface area contributed by atoms with E-state index in [0.29, 0.717) is 37.1 Å². The van der Waals surface area contributed by atoms with Gasteiger partial charge in [0.1, 0.15) is 0 Å². The van der Waals surface area contributed by atoms with Crippen molar-refractivity contribution in [3.05, 3.63) is 71.6 Å². The van der Waals surface area contributed by atoms with Gasteiger partial charge in [0.2, 0.25) is 11.8 Å². The number of ether oxygens (including phenoxy) is 1. The van der Waals surface area contributed by atoms with Gasteiger partial charge in [0.15, 0.2) is 0 Å². The Kier molecular flexibility index (Phi) is 4.50. The molecule has 0 bridgehead atoms. The quantitative estimate of drug-likeness (QED) is 0.726. The smallest absolute Gasteiger partial charge is 0.254 e. The molecular weight excluding hydrogens is 330 g/mol. The number of morpholine rings is 1. The Morgan fingerprint density at radius 3 is 2.73 bits per heavy atom. The molecule has 1 saturated heterocycles. The summed E-state index contributed by atoms with van der Waals surface area (Å²) in [5.74, 6) is 0.882.